The van der Waals surface area contributed by atoms with E-state index in [9.17, 15) is 0 Å². The van der Waals surface area contributed by atoms with Gasteiger partial charge in [0, 0.05) is 17.3 Å². The summed E-state index contributed by atoms with van der Waals surface area (Å²) in [7, 11) is 0. The monoisotopic (exact) mass is 334 g/mol. The summed E-state index contributed by atoms with van der Waals surface area (Å²) in [6.07, 6.45) is 16.9. The Kier molecular flexibility index (Phi) is 10.5. The smallest absolute Gasteiger partial charge is 0.152 e. The highest BCUT2D eigenvalue weighted by atomic mass is 15.1. The van der Waals surface area contributed by atoms with E-state index in [0.29, 0.717) is 5.92 Å². The first-order chi connectivity index (χ1) is 11.6. The van der Waals surface area contributed by atoms with Crippen LogP contribution in [0.4, 0.5) is 0 Å². The fourth-order valence-corrected chi connectivity index (χ4v) is 3.92. The number of hydrogen-bond donors (Lipinski definition) is 0. The molecule has 0 saturated heterocycles. The predicted octanol–water partition coefficient (Wildman–Crippen LogP) is 7.37. The van der Waals surface area contributed by atoms with Gasteiger partial charge in [0.2, 0.25) is 0 Å². The van der Waals surface area contributed by atoms with Gasteiger partial charge in [-0.1, -0.05) is 72.1 Å². The average molecular weight is 335 g/mol. The van der Waals surface area contributed by atoms with Crippen molar-refractivity contribution in [2.45, 2.75) is 124 Å². The quantitative estimate of drug-likeness (QED) is 0.453. The van der Waals surface area contributed by atoms with Gasteiger partial charge in [0.15, 0.2) is 5.66 Å². The molecule has 1 fully saturated rings. The Morgan fingerprint density at radius 1 is 0.708 bits per heavy atom. The van der Waals surface area contributed by atoms with Crippen LogP contribution in [-0.2, 0) is 0 Å². The van der Waals surface area contributed by atoms with Gasteiger partial charge in [-0.15, -0.1) is 0 Å². The Morgan fingerprint density at radius 3 is 1.42 bits per heavy atom. The molecule has 0 radical (unpaired) electrons. The lowest BCUT2D eigenvalue weighted by molar-refractivity contribution is 0.233. The third-order valence-corrected chi connectivity index (χ3v) is 5.82. The van der Waals surface area contributed by atoms with Gasteiger partial charge in [0.25, 0.3) is 0 Å². The van der Waals surface area contributed by atoms with Gasteiger partial charge in [-0.3, -0.25) is 9.98 Å². The van der Waals surface area contributed by atoms with E-state index in [0.717, 1.165) is 19.3 Å². The molecule has 1 rings (SSSR count). The van der Waals surface area contributed by atoms with Crippen LogP contribution in [0.3, 0.4) is 0 Å². The number of nitrogens with zero attached hydrogens (tertiary/aromatic N) is 2. The van der Waals surface area contributed by atoms with Crippen LogP contribution in [0.1, 0.15) is 118 Å². The van der Waals surface area contributed by atoms with Crippen LogP contribution in [-0.4, -0.2) is 17.1 Å². The fourth-order valence-electron chi connectivity index (χ4n) is 3.92. The highest BCUT2D eigenvalue weighted by Gasteiger charge is 2.36. The first kappa shape index (κ1) is 21.4. The van der Waals surface area contributed by atoms with Crippen molar-refractivity contribution < 1.29 is 0 Å². The molecule has 0 aromatic carbocycles. The van der Waals surface area contributed by atoms with E-state index >= 15 is 0 Å². The SMILES string of the molecule is CCC(C)=NC(CC)(N=C(C)CC)C1CCCCCCCCCC1. The molecule has 2 nitrogen and oxygen atoms in total. The molecule has 0 aromatic heterocycles. The summed E-state index contributed by atoms with van der Waals surface area (Å²) >= 11 is 0. The van der Waals surface area contributed by atoms with E-state index in [2.05, 4.69) is 34.6 Å². The molecule has 0 atom stereocenters. The third kappa shape index (κ3) is 7.07. The van der Waals surface area contributed by atoms with Gasteiger partial charge in [0.1, 0.15) is 0 Å². The summed E-state index contributed by atoms with van der Waals surface area (Å²) < 4.78 is 0. The van der Waals surface area contributed by atoms with Crippen LogP contribution in [0.25, 0.3) is 0 Å². The fraction of sp³-hybridized carbons (Fsp3) is 0.909. The predicted molar refractivity (Wildman–Crippen MR) is 109 cm³/mol. The molecular weight excluding hydrogens is 292 g/mol. The summed E-state index contributed by atoms with van der Waals surface area (Å²) in [4.78, 5) is 10.5. The van der Waals surface area contributed by atoms with Gasteiger partial charge < -0.3 is 0 Å². The Hall–Kier alpha value is -0.660. The van der Waals surface area contributed by atoms with Crippen LogP contribution in [0.2, 0.25) is 0 Å². The van der Waals surface area contributed by atoms with Gasteiger partial charge in [-0.25, -0.2) is 0 Å². The molecule has 1 aliphatic carbocycles. The summed E-state index contributed by atoms with van der Waals surface area (Å²) in [5.74, 6) is 0.614. The van der Waals surface area contributed by atoms with Crippen LogP contribution >= 0.6 is 0 Å². The van der Waals surface area contributed by atoms with Crippen molar-refractivity contribution in [2.24, 2.45) is 15.9 Å². The van der Waals surface area contributed by atoms with Crippen LogP contribution in [0.15, 0.2) is 9.98 Å². The van der Waals surface area contributed by atoms with Crippen molar-refractivity contribution in [1.29, 1.82) is 0 Å². The second-order valence-corrected chi connectivity index (χ2v) is 7.74. The van der Waals surface area contributed by atoms with E-state index < -0.39 is 0 Å². The molecule has 0 bridgehead atoms. The van der Waals surface area contributed by atoms with Crippen molar-refractivity contribution in [3.05, 3.63) is 0 Å². The second kappa shape index (κ2) is 11.8. The van der Waals surface area contributed by atoms with Crippen LogP contribution in [0, 0.1) is 5.92 Å². The Labute approximate surface area is 151 Å². The van der Waals surface area contributed by atoms with E-state index in [1.54, 1.807) is 0 Å². The molecule has 2 heteroatoms. The Morgan fingerprint density at radius 2 is 1.08 bits per heavy atom. The summed E-state index contributed by atoms with van der Waals surface area (Å²) in [6, 6.07) is 0. The first-order valence-electron chi connectivity index (χ1n) is 10.7. The minimum atomic E-state index is -0.200. The molecule has 0 unspecified atom stereocenters. The van der Waals surface area contributed by atoms with Gasteiger partial charge in [0.05, 0.1) is 0 Å². The maximum absolute atomic E-state index is 5.24. The van der Waals surface area contributed by atoms with Crippen molar-refractivity contribution in [2.75, 3.05) is 0 Å². The molecule has 1 saturated carbocycles. The Bertz CT molecular complexity index is 363. The standard InChI is InChI=1S/C22H42N2/c1-6-19(4)23-22(8-3,24-20(5)7-2)21-17-15-13-11-9-10-12-14-16-18-21/h21H,6-18H2,1-5H3. The normalized spacial score (nSPS) is 22.7. The molecule has 1 aliphatic rings. The van der Waals surface area contributed by atoms with Crippen molar-refractivity contribution in [1.82, 2.24) is 0 Å². The number of aliphatic imine (C=N–C) groups is 2. The minimum absolute atomic E-state index is 0.200. The van der Waals surface area contributed by atoms with Crippen molar-refractivity contribution in [3.8, 4) is 0 Å². The summed E-state index contributed by atoms with van der Waals surface area (Å²) in [5.41, 5.74) is 2.33. The van der Waals surface area contributed by atoms with Gasteiger partial charge in [-0.05, 0) is 46.0 Å². The van der Waals surface area contributed by atoms with Gasteiger partial charge in [-0.2, -0.15) is 0 Å². The molecule has 0 aromatic rings. The molecule has 0 heterocycles. The third-order valence-electron chi connectivity index (χ3n) is 5.82. The molecule has 24 heavy (non-hydrogen) atoms. The molecule has 0 spiro atoms. The van der Waals surface area contributed by atoms with Crippen LogP contribution < -0.4 is 0 Å². The van der Waals surface area contributed by atoms with E-state index in [1.807, 2.05) is 0 Å². The highest BCUT2D eigenvalue weighted by molar-refractivity contribution is 5.84. The molecule has 0 aliphatic heterocycles. The van der Waals surface area contributed by atoms with E-state index in [-0.39, 0.29) is 5.66 Å². The number of rotatable bonds is 6. The first-order valence-corrected chi connectivity index (χ1v) is 10.7. The summed E-state index contributed by atoms with van der Waals surface area (Å²) in [6.45, 7) is 11.1. The Balaban J connectivity index is 3.10. The summed E-state index contributed by atoms with van der Waals surface area (Å²) in [5, 5.41) is 0. The molecule has 0 N–H and O–H groups in total. The lowest BCUT2D eigenvalue weighted by Gasteiger charge is -2.35. The maximum atomic E-state index is 5.24. The molecule has 0 amide bonds. The van der Waals surface area contributed by atoms with Crippen molar-refractivity contribution in [3.63, 3.8) is 0 Å². The average Bonchev–Trinajstić information content (AvgIpc) is 2.66. The zero-order valence-electron chi connectivity index (χ0n) is 17.2. The van der Waals surface area contributed by atoms with Crippen molar-refractivity contribution >= 4 is 11.4 Å². The molecular formula is C22H42N2. The number of hydrogen-bond acceptors (Lipinski definition) is 2. The second-order valence-electron chi connectivity index (χ2n) is 7.74. The molecule has 140 valence electrons. The highest BCUT2D eigenvalue weighted by Crippen LogP contribution is 2.37. The zero-order chi connectivity index (χ0) is 17.8. The zero-order valence-corrected chi connectivity index (χ0v) is 17.2. The topological polar surface area (TPSA) is 24.7 Å². The minimum Gasteiger partial charge on any atom is -0.264 e. The van der Waals surface area contributed by atoms with E-state index in [4.69, 9.17) is 9.98 Å². The van der Waals surface area contributed by atoms with Gasteiger partial charge >= 0.3 is 0 Å². The largest absolute Gasteiger partial charge is 0.264 e. The van der Waals surface area contributed by atoms with Crippen LogP contribution in [0.5, 0.6) is 0 Å². The van der Waals surface area contributed by atoms with E-state index in [1.165, 1.54) is 75.6 Å². The lowest BCUT2D eigenvalue weighted by atomic mass is 9.82. The lowest BCUT2D eigenvalue weighted by Crippen LogP contribution is -2.36. The maximum Gasteiger partial charge on any atom is 0.152 e.